The van der Waals surface area contributed by atoms with Crippen LogP contribution in [0.4, 0.5) is 0 Å². The molecule has 4 rings (SSSR count). The van der Waals surface area contributed by atoms with Gasteiger partial charge in [-0.2, -0.15) is 0 Å². The van der Waals surface area contributed by atoms with E-state index < -0.39 is 0 Å². The van der Waals surface area contributed by atoms with Crippen molar-refractivity contribution in [3.05, 3.63) is 30.5 Å². The summed E-state index contributed by atoms with van der Waals surface area (Å²) in [6.45, 7) is 10.8. The molecule has 0 spiro atoms. The van der Waals surface area contributed by atoms with Gasteiger partial charge in [-0.15, -0.1) is 10.2 Å². The molecule has 2 heterocycles. The molecule has 1 fully saturated rings. The Kier molecular flexibility index (Phi) is 5.43. The van der Waals surface area contributed by atoms with Gasteiger partial charge in [0.2, 0.25) is 5.91 Å². The van der Waals surface area contributed by atoms with Crippen molar-refractivity contribution in [3.63, 3.8) is 0 Å². The second-order valence-corrected chi connectivity index (χ2v) is 11.1. The van der Waals surface area contributed by atoms with Crippen LogP contribution in [0.1, 0.15) is 59.9 Å². The first-order valence-electron chi connectivity index (χ1n) is 10.6. The maximum atomic E-state index is 12.6. The molecule has 0 aliphatic heterocycles. The smallest absolute Gasteiger partial charge is 0.230 e. The maximum Gasteiger partial charge on any atom is 0.230 e. The van der Waals surface area contributed by atoms with Crippen molar-refractivity contribution in [2.75, 3.05) is 5.75 Å². The first-order valence-corrected chi connectivity index (χ1v) is 11.6. The molecule has 1 amide bonds. The second kappa shape index (κ2) is 7.76. The summed E-state index contributed by atoms with van der Waals surface area (Å²) in [6, 6.07) is 8.65. The van der Waals surface area contributed by atoms with E-state index in [0.29, 0.717) is 11.8 Å². The first-order chi connectivity index (χ1) is 14.1. The Morgan fingerprint density at radius 2 is 1.93 bits per heavy atom. The Morgan fingerprint density at radius 3 is 2.63 bits per heavy atom. The molecule has 0 unspecified atom stereocenters. The van der Waals surface area contributed by atoms with Crippen molar-refractivity contribution in [2.24, 2.45) is 5.41 Å². The van der Waals surface area contributed by atoms with Gasteiger partial charge in [-0.1, -0.05) is 50.7 Å². The summed E-state index contributed by atoms with van der Waals surface area (Å²) in [6.07, 6.45) is 5.18. The van der Waals surface area contributed by atoms with E-state index in [1.807, 2.05) is 18.3 Å². The fourth-order valence-corrected chi connectivity index (χ4v) is 5.20. The molecule has 6 nitrogen and oxygen atoms in total. The summed E-state index contributed by atoms with van der Waals surface area (Å²) >= 11 is 1.47. The lowest BCUT2D eigenvalue weighted by Crippen LogP contribution is -2.46. The number of aromatic nitrogens is 4. The highest BCUT2D eigenvalue weighted by atomic mass is 32.2. The lowest BCUT2D eigenvalue weighted by Gasteiger charge is -2.33. The molecule has 1 aliphatic rings. The van der Waals surface area contributed by atoms with E-state index in [4.69, 9.17) is 0 Å². The van der Waals surface area contributed by atoms with Gasteiger partial charge in [-0.3, -0.25) is 9.36 Å². The summed E-state index contributed by atoms with van der Waals surface area (Å²) in [5, 5.41) is 14.1. The molecular weight excluding hydrogens is 394 g/mol. The van der Waals surface area contributed by atoms with Gasteiger partial charge in [0.15, 0.2) is 11.0 Å². The number of para-hydroxylation sites is 1. The Hall–Kier alpha value is -2.28. The van der Waals surface area contributed by atoms with Crippen molar-refractivity contribution >= 4 is 28.6 Å². The normalized spacial score (nSPS) is 15.0. The van der Waals surface area contributed by atoms with E-state index in [2.05, 4.69) is 71.8 Å². The zero-order chi connectivity index (χ0) is 21.5. The number of carbonyl (C=O) groups is 1. The minimum atomic E-state index is -0.241. The fraction of sp³-hybridized carbons (Fsp3) is 0.522. The summed E-state index contributed by atoms with van der Waals surface area (Å²) < 4.78 is 2.22. The molecule has 0 saturated heterocycles. The first kappa shape index (κ1) is 21.0. The quantitative estimate of drug-likeness (QED) is 0.511. The van der Waals surface area contributed by atoms with E-state index >= 15 is 0 Å². The van der Waals surface area contributed by atoms with E-state index in [1.54, 1.807) is 0 Å². The van der Waals surface area contributed by atoms with Crippen LogP contribution in [-0.4, -0.2) is 36.9 Å². The Balaban J connectivity index is 1.50. The van der Waals surface area contributed by atoms with Crippen LogP contribution in [0.3, 0.4) is 0 Å². The molecule has 1 aliphatic carbocycles. The minimum Gasteiger partial charge on any atom is -0.360 e. The van der Waals surface area contributed by atoms with Gasteiger partial charge in [0, 0.05) is 34.2 Å². The Morgan fingerprint density at radius 1 is 1.20 bits per heavy atom. The number of hydrogen-bond acceptors (Lipinski definition) is 4. The van der Waals surface area contributed by atoms with E-state index in [1.165, 1.54) is 11.8 Å². The Bertz CT molecular complexity index is 1060. The summed E-state index contributed by atoms with van der Waals surface area (Å²) in [5.74, 6) is 1.26. The number of thioether (sulfide) groups is 1. The number of amides is 1. The third-order valence-electron chi connectivity index (χ3n) is 5.19. The summed E-state index contributed by atoms with van der Waals surface area (Å²) in [4.78, 5) is 16.0. The van der Waals surface area contributed by atoms with Crippen LogP contribution < -0.4 is 5.32 Å². The molecule has 0 atom stereocenters. The van der Waals surface area contributed by atoms with Gasteiger partial charge in [0.25, 0.3) is 0 Å². The number of carbonyl (C=O) groups excluding carboxylic acids is 1. The standard InChI is InChI=1S/C23H31N5OS/c1-22(2,3)14-23(4,5)25-19(29)13-30-21-27-26-20(28(21)15-10-11-15)17-12-24-18-9-7-6-8-16(17)18/h6-9,12,15,24H,10-11,13-14H2,1-5H3,(H,25,29). The maximum absolute atomic E-state index is 12.6. The van der Waals surface area contributed by atoms with Crippen LogP contribution in [-0.2, 0) is 4.79 Å². The lowest BCUT2D eigenvalue weighted by atomic mass is 9.82. The van der Waals surface area contributed by atoms with E-state index in [0.717, 1.165) is 46.7 Å². The third-order valence-corrected chi connectivity index (χ3v) is 6.13. The molecule has 7 heteroatoms. The third kappa shape index (κ3) is 4.72. The topological polar surface area (TPSA) is 75.6 Å². The number of benzene rings is 1. The molecule has 160 valence electrons. The second-order valence-electron chi connectivity index (χ2n) is 10.1. The summed E-state index contributed by atoms with van der Waals surface area (Å²) in [7, 11) is 0. The highest BCUT2D eigenvalue weighted by Gasteiger charge is 2.32. The van der Waals surface area contributed by atoms with Crippen LogP contribution in [0.5, 0.6) is 0 Å². The number of rotatable bonds is 7. The van der Waals surface area contributed by atoms with Crippen LogP contribution >= 0.6 is 11.8 Å². The van der Waals surface area contributed by atoms with Crippen LogP contribution in [0.15, 0.2) is 35.6 Å². The molecular formula is C23H31N5OS. The van der Waals surface area contributed by atoms with Gasteiger partial charge in [-0.25, -0.2) is 0 Å². The zero-order valence-electron chi connectivity index (χ0n) is 18.5. The minimum absolute atomic E-state index is 0.0354. The SMILES string of the molecule is CC(C)(C)CC(C)(C)NC(=O)CSc1nnc(-c2c[nH]c3ccccc23)n1C1CC1. The number of aromatic amines is 1. The number of fused-ring (bicyclic) bond motifs is 1. The highest BCUT2D eigenvalue weighted by molar-refractivity contribution is 7.99. The number of hydrogen-bond donors (Lipinski definition) is 2. The van der Waals surface area contributed by atoms with Crippen LogP contribution in [0.25, 0.3) is 22.3 Å². The van der Waals surface area contributed by atoms with Gasteiger partial charge in [0.05, 0.1) is 5.75 Å². The molecule has 0 bridgehead atoms. The molecule has 3 aromatic rings. The largest absolute Gasteiger partial charge is 0.360 e. The number of nitrogens with one attached hydrogen (secondary N) is 2. The van der Waals surface area contributed by atoms with Gasteiger partial charge in [-0.05, 0) is 44.6 Å². The predicted molar refractivity (Wildman–Crippen MR) is 123 cm³/mol. The van der Waals surface area contributed by atoms with Crippen molar-refractivity contribution < 1.29 is 4.79 Å². The van der Waals surface area contributed by atoms with E-state index in [-0.39, 0.29) is 16.9 Å². The van der Waals surface area contributed by atoms with Crippen molar-refractivity contribution in [2.45, 2.75) is 70.6 Å². The fourth-order valence-electron chi connectivity index (χ4n) is 4.39. The zero-order valence-corrected chi connectivity index (χ0v) is 19.3. The summed E-state index contributed by atoms with van der Waals surface area (Å²) in [5.41, 5.74) is 2.07. The van der Waals surface area contributed by atoms with Gasteiger partial charge >= 0.3 is 0 Å². The molecule has 2 aromatic heterocycles. The highest BCUT2D eigenvalue weighted by Crippen LogP contribution is 2.42. The molecule has 2 N–H and O–H groups in total. The van der Waals surface area contributed by atoms with Crippen LogP contribution in [0, 0.1) is 5.41 Å². The number of H-pyrrole nitrogens is 1. The van der Waals surface area contributed by atoms with Gasteiger partial charge in [0.1, 0.15) is 0 Å². The number of nitrogens with zero attached hydrogens (tertiary/aromatic N) is 3. The van der Waals surface area contributed by atoms with Gasteiger partial charge < -0.3 is 10.3 Å². The van der Waals surface area contributed by atoms with E-state index in [9.17, 15) is 4.79 Å². The average molecular weight is 426 g/mol. The van der Waals surface area contributed by atoms with Crippen molar-refractivity contribution in [3.8, 4) is 11.4 Å². The molecule has 1 saturated carbocycles. The molecule has 1 aromatic carbocycles. The molecule has 0 radical (unpaired) electrons. The predicted octanol–water partition coefficient (Wildman–Crippen LogP) is 5.18. The monoisotopic (exact) mass is 425 g/mol. The average Bonchev–Trinajstić information content (AvgIpc) is 3.24. The van der Waals surface area contributed by atoms with Crippen LogP contribution in [0.2, 0.25) is 0 Å². The Labute approximate surface area is 182 Å². The molecule has 30 heavy (non-hydrogen) atoms. The lowest BCUT2D eigenvalue weighted by molar-refractivity contribution is -0.120. The van der Waals surface area contributed by atoms with Crippen molar-refractivity contribution in [1.82, 2.24) is 25.1 Å². The van der Waals surface area contributed by atoms with Crippen molar-refractivity contribution in [1.29, 1.82) is 0 Å².